The first-order valence-electron chi connectivity index (χ1n) is 9.79. The van der Waals surface area contributed by atoms with Gasteiger partial charge in [-0.3, -0.25) is 4.79 Å². The van der Waals surface area contributed by atoms with Gasteiger partial charge in [-0.1, -0.05) is 59.8 Å². The van der Waals surface area contributed by atoms with Crippen LogP contribution in [0.1, 0.15) is 45.1 Å². The molecule has 1 unspecified atom stereocenters. The number of carbonyl (C=O) groups excluding carboxylic acids is 1. The Hall–Kier alpha value is -2.70. The lowest BCUT2D eigenvalue weighted by molar-refractivity contribution is 0.0962. The highest BCUT2D eigenvalue weighted by Crippen LogP contribution is 2.32. The average Bonchev–Trinajstić information content (AvgIpc) is 3.14. The van der Waals surface area contributed by atoms with E-state index in [9.17, 15) is 4.79 Å². The molecular formula is C23H19ClN4OS. The second-order valence-electron chi connectivity index (χ2n) is 7.54. The van der Waals surface area contributed by atoms with E-state index in [2.05, 4.69) is 34.1 Å². The smallest absolute Gasteiger partial charge is 0.253 e. The maximum absolute atomic E-state index is 12.8. The summed E-state index contributed by atoms with van der Waals surface area (Å²) in [4.78, 5) is 22.1. The van der Waals surface area contributed by atoms with Gasteiger partial charge in [0.2, 0.25) is 5.16 Å². The molecule has 1 atom stereocenters. The third-order valence-corrected chi connectivity index (χ3v) is 6.66. The summed E-state index contributed by atoms with van der Waals surface area (Å²) in [5, 5.41) is 5.88. The lowest BCUT2D eigenvalue weighted by Gasteiger charge is -2.23. The van der Waals surface area contributed by atoms with Crippen molar-refractivity contribution in [2.24, 2.45) is 0 Å². The number of ketones is 1. The molecule has 0 fully saturated rings. The van der Waals surface area contributed by atoms with Crippen molar-refractivity contribution in [1.29, 1.82) is 0 Å². The van der Waals surface area contributed by atoms with Gasteiger partial charge >= 0.3 is 0 Å². The zero-order valence-corrected chi connectivity index (χ0v) is 18.0. The summed E-state index contributed by atoms with van der Waals surface area (Å²) < 4.78 is 1.62. The number of carbonyl (C=O) groups is 1. The molecule has 2 heterocycles. The van der Waals surface area contributed by atoms with Crippen LogP contribution >= 0.6 is 23.4 Å². The van der Waals surface area contributed by atoms with Gasteiger partial charge in [-0.25, -0.2) is 9.50 Å². The Bertz CT molecular complexity index is 1250. The van der Waals surface area contributed by atoms with Crippen LogP contribution in [0.25, 0.3) is 5.78 Å². The Balaban J connectivity index is 1.41. The maximum atomic E-state index is 12.8. The van der Waals surface area contributed by atoms with E-state index in [0.717, 1.165) is 17.0 Å². The van der Waals surface area contributed by atoms with Gasteiger partial charge in [-0.2, -0.15) is 4.98 Å². The fraction of sp³-hybridized carbons (Fsp3) is 0.217. The van der Waals surface area contributed by atoms with Gasteiger partial charge in [0.1, 0.15) is 0 Å². The first-order chi connectivity index (χ1) is 14.6. The minimum atomic E-state index is 0.0928. The second kappa shape index (κ2) is 7.85. The summed E-state index contributed by atoms with van der Waals surface area (Å²) >= 11 is 7.58. The molecule has 5 rings (SSSR count). The Morgan fingerprint density at radius 2 is 1.90 bits per heavy atom. The van der Waals surface area contributed by atoms with Crippen molar-refractivity contribution >= 4 is 34.9 Å². The number of fused-ring (bicyclic) bond motifs is 2. The first-order valence-corrected chi connectivity index (χ1v) is 11.2. The van der Waals surface area contributed by atoms with E-state index < -0.39 is 0 Å². The molecule has 2 aromatic carbocycles. The number of rotatable bonds is 4. The maximum Gasteiger partial charge on any atom is 0.253 e. The van der Waals surface area contributed by atoms with Crippen LogP contribution in [0.4, 0.5) is 0 Å². The summed E-state index contributed by atoms with van der Waals surface area (Å²) in [5.74, 6) is 1.52. The number of nitrogens with zero attached hydrogens (tertiary/aromatic N) is 4. The molecule has 0 saturated carbocycles. The van der Waals surface area contributed by atoms with Crippen molar-refractivity contribution in [2.45, 2.75) is 36.6 Å². The molecule has 5 nitrogen and oxygen atoms in total. The first kappa shape index (κ1) is 19.3. The Morgan fingerprint density at radius 3 is 2.70 bits per heavy atom. The molecule has 1 aliphatic carbocycles. The molecular weight excluding hydrogens is 416 g/mol. The summed E-state index contributed by atoms with van der Waals surface area (Å²) in [6.07, 6.45) is 2.95. The number of hydrogen-bond acceptors (Lipinski definition) is 5. The van der Waals surface area contributed by atoms with Crippen LogP contribution in [0.2, 0.25) is 5.02 Å². The van der Waals surface area contributed by atoms with Crippen molar-refractivity contribution < 1.29 is 4.79 Å². The van der Waals surface area contributed by atoms with Gasteiger partial charge in [-0.15, -0.1) is 5.10 Å². The summed E-state index contributed by atoms with van der Waals surface area (Å²) in [6.45, 7) is 2.10. The predicted octanol–water partition coefficient (Wildman–Crippen LogP) is 5.29. The lowest BCUT2D eigenvalue weighted by atomic mass is 9.82. The van der Waals surface area contributed by atoms with Crippen molar-refractivity contribution in [1.82, 2.24) is 19.6 Å². The van der Waals surface area contributed by atoms with E-state index >= 15 is 0 Å². The minimum absolute atomic E-state index is 0.0928. The fourth-order valence-corrected chi connectivity index (χ4v) is 4.84. The number of aromatic nitrogens is 4. The van der Waals surface area contributed by atoms with Gasteiger partial charge in [-0.05, 0) is 48.1 Å². The van der Waals surface area contributed by atoms with E-state index in [0.29, 0.717) is 34.4 Å². The highest BCUT2D eigenvalue weighted by atomic mass is 35.5. The van der Waals surface area contributed by atoms with Crippen molar-refractivity contribution in [2.75, 3.05) is 0 Å². The summed E-state index contributed by atoms with van der Waals surface area (Å²) in [5.41, 5.74) is 5.06. The SMILES string of the molecule is Cc1ccccc1CSc1nc2nc3c(cn2n1)C(=O)CC(c1ccc(Cl)cc1)C3. The van der Waals surface area contributed by atoms with E-state index in [1.54, 1.807) is 22.5 Å². The number of hydrogen-bond donors (Lipinski definition) is 0. The second-order valence-corrected chi connectivity index (χ2v) is 8.91. The van der Waals surface area contributed by atoms with Crippen molar-refractivity contribution in [3.63, 3.8) is 0 Å². The van der Waals surface area contributed by atoms with Crippen LogP contribution in [0.5, 0.6) is 0 Å². The lowest BCUT2D eigenvalue weighted by Crippen LogP contribution is -2.21. The molecule has 0 spiro atoms. The van der Waals surface area contributed by atoms with Gasteiger partial charge in [0, 0.05) is 23.4 Å². The molecule has 150 valence electrons. The highest BCUT2D eigenvalue weighted by Gasteiger charge is 2.28. The van der Waals surface area contributed by atoms with Crippen molar-refractivity contribution in [3.8, 4) is 0 Å². The Labute approximate surface area is 183 Å². The monoisotopic (exact) mass is 434 g/mol. The molecule has 30 heavy (non-hydrogen) atoms. The molecule has 0 amide bonds. The van der Waals surface area contributed by atoms with E-state index in [-0.39, 0.29) is 11.7 Å². The zero-order chi connectivity index (χ0) is 20.7. The van der Waals surface area contributed by atoms with Crippen LogP contribution < -0.4 is 0 Å². The molecule has 7 heteroatoms. The van der Waals surface area contributed by atoms with Gasteiger partial charge in [0.25, 0.3) is 5.78 Å². The van der Waals surface area contributed by atoms with Gasteiger partial charge in [0.15, 0.2) is 5.78 Å². The Morgan fingerprint density at radius 1 is 1.10 bits per heavy atom. The van der Waals surface area contributed by atoms with Crippen LogP contribution in [-0.4, -0.2) is 25.4 Å². The van der Waals surface area contributed by atoms with Gasteiger partial charge < -0.3 is 0 Å². The standard InChI is InChI=1S/C23H19ClN4OS/c1-14-4-2-3-5-16(14)13-30-23-26-22-25-20-10-17(15-6-8-18(24)9-7-15)11-21(29)19(20)12-28(22)27-23/h2-9,12,17H,10-11,13H2,1H3. The molecule has 0 radical (unpaired) electrons. The topological polar surface area (TPSA) is 60.1 Å². The van der Waals surface area contributed by atoms with Crippen molar-refractivity contribution in [3.05, 3.63) is 87.7 Å². The molecule has 0 N–H and O–H groups in total. The number of aryl methyl sites for hydroxylation is 1. The number of halogens is 1. The Kier molecular flexibility index (Phi) is 5.05. The van der Waals surface area contributed by atoms with Crippen LogP contribution in [0, 0.1) is 6.92 Å². The zero-order valence-electron chi connectivity index (χ0n) is 16.4. The third kappa shape index (κ3) is 3.73. The third-order valence-electron chi connectivity index (χ3n) is 5.52. The molecule has 0 saturated heterocycles. The van der Waals surface area contributed by atoms with Crippen LogP contribution in [0.3, 0.4) is 0 Å². The summed E-state index contributed by atoms with van der Waals surface area (Å²) in [6, 6.07) is 16.0. The predicted molar refractivity (Wildman–Crippen MR) is 118 cm³/mol. The van der Waals surface area contributed by atoms with E-state index in [4.69, 9.17) is 11.6 Å². The van der Waals surface area contributed by atoms with E-state index in [1.165, 1.54) is 11.1 Å². The van der Waals surface area contributed by atoms with Crippen LogP contribution in [0.15, 0.2) is 59.9 Å². The molecule has 0 aliphatic heterocycles. The fourth-order valence-electron chi connectivity index (χ4n) is 3.81. The number of Topliss-reactive ketones (excluding diaryl/α,β-unsaturated/α-hetero) is 1. The quantitative estimate of drug-likeness (QED) is 0.408. The van der Waals surface area contributed by atoms with Gasteiger partial charge in [0.05, 0.1) is 11.3 Å². The minimum Gasteiger partial charge on any atom is -0.294 e. The molecule has 0 bridgehead atoms. The summed E-state index contributed by atoms with van der Waals surface area (Å²) in [7, 11) is 0. The number of thioether (sulfide) groups is 1. The molecule has 1 aliphatic rings. The molecule has 4 aromatic rings. The average molecular weight is 435 g/mol. The van der Waals surface area contributed by atoms with Crippen LogP contribution in [-0.2, 0) is 12.2 Å². The van der Waals surface area contributed by atoms with E-state index in [1.807, 2.05) is 36.4 Å². The highest BCUT2D eigenvalue weighted by molar-refractivity contribution is 7.98. The largest absolute Gasteiger partial charge is 0.294 e. The number of benzene rings is 2. The molecule has 2 aromatic heterocycles. The normalized spacial score (nSPS) is 16.1.